The van der Waals surface area contributed by atoms with Crippen LogP contribution in [0.3, 0.4) is 0 Å². The molecule has 0 saturated heterocycles. The molecule has 0 fully saturated rings. The average Bonchev–Trinajstić information content (AvgIpc) is 2.61. The molecule has 1 amide bonds. The van der Waals surface area contributed by atoms with E-state index in [0.29, 0.717) is 17.0 Å². The summed E-state index contributed by atoms with van der Waals surface area (Å²) in [6.45, 7) is 5.45. The molecule has 0 aliphatic rings. The van der Waals surface area contributed by atoms with Crippen LogP contribution in [0.15, 0.2) is 47.6 Å². The number of nitrogens with zero attached hydrogens (tertiary/aromatic N) is 2. The number of hydrazone groups is 1. The minimum Gasteiger partial charge on any atom is -0.483 e. The van der Waals surface area contributed by atoms with Crippen LogP contribution in [0.1, 0.15) is 23.6 Å². The molecule has 0 aromatic heterocycles. The average molecular weight is 341 g/mol. The molecule has 0 atom stereocenters. The van der Waals surface area contributed by atoms with Crippen LogP contribution in [0.5, 0.6) is 5.75 Å². The fourth-order valence-electron chi connectivity index (χ4n) is 2.09. The lowest BCUT2D eigenvalue weighted by Gasteiger charge is -2.10. The molecule has 0 heterocycles. The molecule has 0 bridgehead atoms. The van der Waals surface area contributed by atoms with Crippen LogP contribution in [0.25, 0.3) is 0 Å². The van der Waals surface area contributed by atoms with Crippen LogP contribution in [0.2, 0.25) is 0 Å². The smallest absolute Gasteiger partial charge is 0.277 e. The van der Waals surface area contributed by atoms with Crippen molar-refractivity contribution in [2.24, 2.45) is 5.10 Å². The van der Waals surface area contributed by atoms with Crippen molar-refractivity contribution in [1.82, 2.24) is 5.43 Å². The van der Waals surface area contributed by atoms with E-state index in [4.69, 9.17) is 4.74 Å². The van der Waals surface area contributed by atoms with Gasteiger partial charge in [-0.2, -0.15) is 5.10 Å². The fourth-order valence-corrected chi connectivity index (χ4v) is 2.09. The molecule has 0 saturated carbocycles. The molecule has 2 rings (SSSR count). The Morgan fingerprint density at radius 2 is 1.88 bits per heavy atom. The van der Waals surface area contributed by atoms with E-state index >= 15 is 0 Å². The van der Waals surface area contributed by atoms with E-state index in [1.165, 1.54) is 12.1 Å². The van der Waals surface area contributed by atoms with Gasteiger partial charge in [0.2, 0.25) is 0 Å². The Kier molecular flexibility index (Phi) is 5.84. The first-order valence-corrected chi connectivity index (χ1v) is 7.65. The summed E-state index contributed by atoms with van der Waals surface area (Å²) >= 11 is 0. The summed E-state index contributed by atoms with van der Waals surface area (Å²) in [6.07, 6.45) is 0. The quantitative estimate of drug-likeness (QED) is 0.496. The number of carbonyl (C=O) groups excluding carboxylic acids is 1. The van der Waals surface area contributed by atoms with Crippen molar-refractivity contribution < 1.29 is 14.5 Å². The van der Waals surface area contributed by atoms with Gasteiger partial charge in [0.25, 0.3) is 11.6 Å². The van der Waals surface area contributed by atoms with E-state index in [9.17, 15) is 14.9 Å². The maximum Gasteiger partial charge on any atom is 0.277 e. The van der Waals surface area contributed by atoms with Gasteiger partial charge >= 0.3 is 0 Å². The number of nitro groups is 1. The Hall–Kier alpha value is -3.22. The second-order valence-electron chi connectivity index (χ2n) is 5.52. The summed E-state index contributed by atoms with van der Waals surface area (Å²) < 4.78 is 5.50. The van der Waals surface area contributed by atoms with Gasteiger partial charge < -0.3 is 4.74 Å². The van der Waals surface area contributed by atoms with Gasteiger partial charge in [-0.05, 0) is 55.7 Å². The van der Waals surface area contributed by atoms with Gasteiger partial charge in [0.1, 0.15) is 5.75 Å². The lowest BCUT2D eigenvalue weighted by atomic mass is 10.1. The minimum atomic E-state index is -0.470. The first-order valence-electron chi connectivity index (χ1n) is 7.65. The monoisotopic (exact) mass is 341 g/mol. The van der Waals surface area contributed by atoms with Crippen LogP contribution < -0.4 is 10.2 Å². The molecule has 0 spiro atoms. The number of aryl methyl sites for hydroxylation is 1. The van der Waals surface area contributed by atoms with Crippen LogP contribution in [-0.4, -0.2) is 23.1 Å². The van der Waals surface area contributed by atoms with Gasteiger partial charge in [0, 0.05) is 12.1 Å². The molecular formula is C18H19N3O4. The van der Waals surface area contributed by atoms with Crippen molar-refractivity contribution in [3.63, 3.8) is 0 Å². The van der Waals surface area contributed by atoms with Gasteiger partial charge in [0.15, 0.2) is 6.61 Å². The molecule has 7 nitrogen and oxygen atoms in total. The number of benzene rings is 2. The molecule has 0 aliphatic heterocycles. The molecule has 2 aromatic carbocycles. The summed E-state index contributed by atoms with van der Waals surface area (Å²) in [7, 11) is 0. The second kappa shape index (κ2) is 8.05. The maximum atomic E-state index is 11.9. The number of hydrogen-bond donors (Lipinski definition) is 1. The summed E-state index contributed by atoms with van der Waals surface area (Å²) in [5, 5.41) is 14.6. The summed E-state index contributed by atoms with van der Waals surface area (Å²) in [4.78, 5) is 22.0. The first kappa shape index (κ1) is 18.1. The van der Waals surface area contributed by atoms with Gasteiger partial charge in [-0.1, -0.05) is 12.1 Å². The highest BCUT2D eigenvalue weighted by molar-refractivity contribution is 5.99. The Morgan fingerprint density at radius 1 is 1.20 bits per heavy atom. The van der Waals surface area contributed by atoms with E-state index in [-0.39, 0.29) is 18.2 Å². The zero-order valence-electron chi connectivity index (χ0n) is 14.3. The third-order valence-corrected chi connectivity index (χ3v) is 3.76. The Labute approximate surface area is 145 Å². The van der Waals surface area contributed by atoms with Crippen molar-refractivity contribution in [3.8, 4) is 5.75 Å². The Balaban J connectivity index is 1.92. The Bertz CT molecular complexity index is 814. The molecule has 130 valence electrons. The van der Waals surface area contributed by atoms with E-state index in [0.717, 1.165) is 11.1 Å². The zero-order chi connectivity index (χ0) is 18.4. The molecule has 2 aromatic rings. The first-order chi connectivity index (χ1) is 11.9. The van der Waals surface area contributed by atoms with Crippen molar-refractivity contribution in [2.75, 3.05) is 6.61 Å². The predicted molar refractivity (Wildman–Crippen MR) is 94.9 cm³/mol. The van der Waals surface area contributed by atoms with Crippen LogP contribution in [-0.2, 0) is 4.79 Å². The number of amides is 1. The molecule has 25 heavy (non-hydrogen) atoms. The topological polar surface area (TPSA) is 93.8 Å². The third-order valence-electron chi connectivity index (χ3n) is 3.76. The molecule has 0 unspecified atom stereocenters. The number of non-ortho nitro benzene ring substituents is 1. The third kappa shape index (κ3) is 4.87. The zero-order valence-corrected chi connectivity index (χ0v) is 14.3. The number of carbonyl (C=O) groups is 1. The normalized spacial score (nSPS) is 11.1. The highest BCUT2D eigenvalue weighted by atomic mass is 16.6. The van der Waals surface area contributed by atoms with Gasteiger partial charge in [-0.25, -0.2) is 5.43 Å². The second-order valence-corrected chi connectivity index (χ2v) is 5.52. The largest absolute Gasteiger partial charge is 0.483 e. The number of ether oxygens (including phenoxy) is 1. The van der Waals surface area contributed by atoms with Crippen molar-refractivity contribution in [1.29, 1.82) is 0 Å². The molecule has 7 heteroatoms. The van der Waals surface area contributed by atoms with E-state index < -0.39 is 4.92 Å². The molecular weight excluding hydrogens is 322 g/mol. The summed E-state index contributed by atoms with van der Waals surface area (Å²) in [6, 6.07) is 11.6. The predicted octanol–water partition coefficient (Wildman–Crippen LogP) is 3.13. The van der Waals surface area contributed by atoms with Crippen molar-refractivity contribution in [2.45, 2.75) is 20.8 Å². The fraction of sp³-hybridized carbons (Fsp3) is 0.222. The Morgan fingerprint density at radius 3 is 2.52 bits per heavy atom. The highest BCUT2D eigenvalue weighted by Gasteiger charge is 2.07. The maximum absolute atomic E-state index is 11.9. The van der Waals surface area contributed by atoms with E-state index in [2.05, 4.69) is 10.5 Å². The molecule has 0 aliphatic carbocycles. The summed E-state index contributed by atoms with van der Waals surface area (Å²) in [5.41, 5.74) is 5.71. The van der Waals surface area contributed by atoms with Gasteiger partial charge in [0.05, 0.1) is 10.6 Å². The van der Waals surface area contributed by atoms with E-state index in [1.54, 1.807) is 25.1 Å². The highest BCUT2D eigenvalue weighted by Crippen LogP contribution is 2.20. The van der Waals surface area contributed by atoms with Gasteiger partial charge in [-0.15, -0.1) is 0 Å². The van der Waals surface area contributed by atoms with Crippen LogP contribution in [0, 0.1) is 24.0 Å². The standard InChI is InChI=1S/C18H19N3O4/c1-12-5-4-6-17(13(12)2)25-11-18(22)20-19-14(3)15-7-9-16(10-8-15)21(23)24/h4-10H,11H2,1-3H3,(H,20,22)/b19-14-. The minimum absolute atomic E-state index is 0.00232. The number of nitro benzene ring substituents is 1. The summed E-state index contributed by atoms with van der Waals surface area (Å²) in [5.74, 6) is 0.272. The van der Waals surface area contributed by atoms with Crippen molar-refractivity contribution >= 4 is 17.3 Å². The molecule has 1 N–H and O–H groups in total. The number of hydrogen-bond acceptors (Lipinski definition) is 5. The van der Waals surface area contributed by atoms with Crippen LogP contribution in [0.4, 0.5) is 5.69 Å². The van der Waals surface area contributed by atoms with Crippen LogP contribution >= 0.6 is 0 Å². The lowest BCUT2D eigenvalue weighted by Crippen LogP contribution is -2.25. The number of rotatable bonds is 6. The lowest BCUT2D eigenvalue weighted by molar-refractivity contribution is -0.384. The van der Waals surface area contributed by atoms with Gasteiger partial charge in [-0.3, -0.25) is 14.9 Å². The van der Waals surface area contributed by atoms with Crippen molar-refractivity contribution in [3.05, 3.63) is 69.3 Å². The van der Waals surface area contributed by atoms with E-state index in [1.807, 2.05) is 26.0 Å². The SMILES string of the molecule is C/C(=N/NC(=O)COc1cccc(C)c1C)c1ccc([N+](=O)[O-])cc1. The number of nitrogens with one attached hydrogen (secondary N) is 1. The molecule has 0 radical (unpaired) electrons.